The van der Waals surface area contributed by atoms with Gasteiger partial charge in [-0.2, -0.15) is 0 Å². The number of hydrogen-bond donors (Lipinski definition) is 1. The summed E-state index contributed by atoms with van der Waals surface area (Å²) in [6.07, 6.45) is 1.13. The van der Waals surface area contributed by atoms with Crippen LogP contribution in [-0.2, 0) is 16.6 Å². The highest BCUT2D eigenvalue weighted by molar-refractivity contribution is 7.92. The maximum atomic E-state index is 12.6. The number of nitrogens with one attached hydrogen (secondary N) is 1. The van der Waals surface area contributed by atoms with Crippen molar-refractivity contribution in [3.63, 3.8) is 0 Å². The Morgan fingerprint density at radius 3 is 2.26 bits per heavy atom. The van der Waals surface area contributed by atoms with Gasteiger partial charge < -0.3 is 5.32 Å². The molecule has 0 aromatic heterocycles. The molecule has 31 heavy (non-hydrogen) atoms. The molecule has 0 atom stereocenters. The van der Waals surface area contributed by atoms with E-state index >= 15 is 0 Å². The van der Waals surface area contributed by atoms with Crippen molar-refractivity contribution in [2.24, 2.45) is 0 Å². The van der Waals surface area contributed by atoms with Gasteiger partial charge in [0.2, 0.25) is 10.0 Å². The normalized spacial score (nSPS) is 11.0. The molecule has 0 fully saturated rings. The van der Waals surface area contributed by atoms with Crippen LogP contribution < -0.4 is 9.62 Å². The summed E-state index contributed by atoms with van der Waals surface area (Å²) in [6.45, 7) is 1.90. The Bertz CT molecular complexity index is 1210. The second-order valence-electron chi connectivity index (χ2n) is 7.01. The van der Waals surface area contributed by atoms with Crippen molar-refractivity contribution in [1.82, 2.24) is 0 Å². The summed E-state index contributed by atoms with van der Waals surface area (Å²) in [5.41, 5.74) is 2.45. The van der Waals surface area contributed by atoms with E-state index in [1.165, 1.54) is 28.6 Å². The molecule has 0 aliphatic rings. The monoisotopic (exact) mass is 439 g/mol. The molecule has 3 aromatic carbocycles. The van der Waals surface area contributed by atoms with Crippen LogP contribution in [0.1, 0.15) is 21.5 Å². The maximum absolute atomic E-state index is 12.6. The molecule has 160 valence electrons. The number of carbonyl (C=O) groups excluding carboxylic acids is 1. The summed E-state index contributed by atoms with van der Waals surface area (Å²) in [5, 5.41) is 13.6. The van der Waals surface area contributed by atoms with Gasteiger partial charge in [0.25, 0.3) is 11.6 Å². The fourth-order valence-electron chi connectivity index (χ4n) is 2.98. The summed E-state index contributed by atoms with van der Waals surface area (Å²) >= 11 is 0. The lowest BCUT2D eigenvalue weighted by atomic mass is 10.1. The van der Waals surface area contributed by atoms with Crippen LogP contribution in [0.25, 0.3) is 0 Å². The lowest BCUT2D eigenvalue weighted by Crippen LogP contribution is -2.29. The largest absolute Gasteiger partial charge is 0.321 e. The second-order valence-corrected chi connectivity index (χ2v) is 8.92. The first-order valence-corrected chi connectivity index (χ1v) is 11.2. The third-order valence-electron chi connectivity index (χ3n) is 4.67. The molecular formula is C22H21N3O5S. The lowest BCUT2D eigenvalue weighted by molar-refractivity contribution is -0.384. The minimum atomic E-state index is -3.55. The smallest absolute Gasteiger partial charge is 0.271 e. The Balaban J connectivity index is 1.82. The van der Waals surface area contributed by atoms with Crippen LogP contribution in [0.4, 0.5) is 17.1 Å². The number of hydrogen-bond acceptors (Lipinski definition) is 5. The highest BCUT2D eigenvalue weighted by Gasteiger charge is 2.19. The highest BCUT2D eigenvalue weighted by Crippen LogP contribution is 2.24. The van der Waals surface area contributed by atoms with Crippen LogP contribution in [0.3, 0.4) is 0 Å². The van der Waals surface area contributed by atoms with E-state index in [0.29, 0.717) is 22.5 Å². The number of anilines is 2. The summed E-state index contributed by atoms with van der Waals surface area (Å²) < 4.78 is 25.9. The molecule has 0 unspecified atom stereocenters. The molecule has 0 radical (unpaired) electrons. The summed E-state index contributed by atoms with van der Waals surface area (Å²) in [6, 6.07) is 19.6. The predicted octanol–water partition coefficient (Wildman–Crippen LogP) is 4.12. The number of non-ortho nitro benzene ring substituents is 1. The molecule has 1 N–H and O–H groups in total. The standard InChI is InChI=1S/C22H21N3O5S/c1-16-8-11-20(25(27)28)14-21(16)23-22(26)18-9-12-19(13-10-18)24(31(2,29)30)15-17-6-4-3-5-7-17/h3-14H,15H2,1-2H3,(H,23,26). The number of amides is 1. The third kappa shape index (κ3) is 5.46. The van der Waals surface area contributed by atoms with Gasteiger partial charge in [0.1, 0.15) is 0 Å². The van der Waals surface area contributed by atoms with Crippen LogP contribution in [0.15, 0.2) is 72.8 Å². The Morgan fingerprint density at radius 1 is 1.03 bits per heavy atom. The van der Waals surface area contributed by atoms with Gasteiger partial charge in [-0.25, -0.2) is 8.42 Å². The van der Waals surface area contributed by atoms with Gasteiger partial charge in [0.05, 0.1) is 29.1 Å². The molecule has 0 saturated heterocycles. The van der Waals surface area contributed by atoms with Crippen molar-refractivity contribution < 1.29 is 18.1 Å². The Hall–Kier alpha value is -3.72. The van der Waals surface area contributed by atoms with Gasteiger partial charge in [0.15, 0.2) is 0 Å². The van der Waals surface area contributed by atoms with Crippen molar-refractivity contribution in [3.05, 3.63) is 99.6 Å². The van der Waals surface area contributed by atoms with E-state index in [2.05, 4.69) is 5.32 Å². The van der Waals surface area contributed by atoms with Gasteiger partial charge in [0, 0.05) is 17.7 Å². The van der Waals surface area contributed by atoms with E-state index in [-0.39, 0.29) is 12.2 Å². The van der Waals surface area contributed by atoms with Crippen molar-refractivity contribution in [1.29, 1.82) is 0 Å². The van der Waals surface area contributed by atoms with Crippen LogP contribution in [-0.4, -0.2) is 25.5 Å². The quantitative estimate of drug-likeness (QED) is 0.440. The first-order valence-electron chi connectivity index (χ1n) is 9.33. The molecule has 0 bridgehead atoms. The Kier molecular flexibility index (Phi) is 6.36. The van der Waals surface area contributed by atoms with Crippen molar-refractivity contribution in [2.45, 2.75) is 13.5 Å². The minimum absolute atomic E-state index is 0.124. The highest BCUT2D eigenvalue weighted by atomic mass is 32.2. The molecule has 3 aromatic rings. The molecule has 0 aliphatic carbocycles. The SMILES string of the molecule is Cc1ccc([N+](=O)[O-])cc1NC(=O)c1ccc(N(Cc2ccccc2)S(C)(=O)=O)cc1. The molecule has 3 rings (SSSR count). The first-order chi connectivity index (χ1) is 14.6. The van der Waals surface area contributed by atoms with Gasteiger partial charge in [-0.15, -0.1) is 0 Å². The predicted molar refractivity (Wildman–Crippen MR) is 120 cm³/mol. The maximum Gasteiger partial charge on any atom is 0.271 e. The summed E-state index contributed by atoms with van der Waals surface area (Å²) in [5.74, 6) is -0.455. The molecular weight excluding hydrogens is 418 g/mol. The zero-order chi connectivity index (χ0) is 22.6. The van der Waals surface area contributed by atoms with Gasteiger partial charge in [-0.3, -0.25) is 19.2 Å². The summed E-state index contributed by atoms with van der Waals surface area (Å²) in [7, 11) is -3.55. The Labute approximate surface area is 180 Å². The van der Waals surface area contributed by atoms with E-state index in [9.17, 15) is 23.3 Å². The number of nitro groups is 1. The van der Waals surface area contributed by atoms with E-state index in [0.717, 1.165) is 11.8 Å². The van der Waals surface area contributed by atoms with E-state index in [1.807, 2.05) is 30.3 Å². The van der Waals surface area contributed by atoms with Crippen LogP contribution in [0, 0.1) is 17.0 Å². The van der Waals surface area contributed by atoms with Gasteiger partial charge in [-0.05, 0) is 42.3 Å². The van der Waals surface area contributed by atoms with E-state index < -0.39 is 20.9 Å². The number of rotatable bonds is 7. The number of carbonyl (C=O) groups is 1. The molecule has 0 aliphatic heterocycles. The summed E-state index contributed by atoms with van der Waals surface area (Å²) in [4.78, 5) is 23.0. The molecule has 8 nitrogen and oxygen atoms in total. The molecule has 9 heteroatoms. The number of aryl methyl sites for hydroxylation is 1. The number of benzene rings is 3. The second kappa shape index (κ2) is 8.97. The molecule has 0 spiro atoms. The van der Waals surface area contributed by atoms with E-state index in [1.54, 1.807) is 25.1 Å². The lowest BCUT2D eigenvalue weighted by Gasteiger charge is -2.22. The number of sulfonamides is 1. The number of nitro benzene ring substituents is 1. The van der Waals surface area contributed by atoms with E-state index in [4.69, 9.17) is 0 Å². The fourth-order valence-corrected chi connectivity index (χ4v) is 3.87. The van der Waals surface area contributed by atoms with Gasteiger partial charge in [-0.1, -0.05) is 36.4 Å². The van der Waals surface area contributed by atoms with Crippen molar-refractivity contribution in [2.75, 3.05) is 15.9 Å². The average molecular weight is 439 g/mol. The van der Waals surface area contributed by atoms with Crippen LogP contribution in [0.2, 0.25) is 0 Å². The van der Waals surface area contributed by atoms with Crippen molar-refractivity contribution >= 4 is 33.0 Å². The fraction of sp³-hybridized carbons (Fsp3) is 0.136. The molecule has 1 amide bonds. The first kappa shape index (κ1) is 22.0. The average Bonchev–Trinajstić information content (AvgIpc) is 2.73. The molecule has 0 saturated carbocycles. The van der Waals surface area contributed by atoms with Crippen LogP contribution in [0.5, 0.6) is 0 Å². The van der Waals surface area contributed by atoms with Crippen molar-refractivity contribution in [3.8, 4) is 0 Å². The molecule has 0 heterocycles. The number of nitrogens with zero attached hydrogens (tertiary/aromatic N) is 2. The van der Waals surface area contributed by atoms with Crippen LogP contribution >= 0.6 is 0 Å². The van der Waals surface area contributed by atoms with Gasteiger partial charge >= 0.3 is 0 Å². The third-order valence-corrected chi connectivity index (χ3v) is 5.81. The Morgan fingerprint density at radius 2 is 1.68 bits per heavy atom. The minimum Gasteiger partial charge on any atom is -0.321 e. The topological polar surface area (TPSA) is 110 Å². The zero-order valence-corrected chi connectivity index (χ0v) is 17.8. The zero-order valence-electron chi connectivity index (χ0n) is 17.0.